The first-order valence-electron chi connectivity index (χ1n) is 5.22. The lowest BCUT2D eigenvalue weighted by Gasteiger charge is -2.05. The second-order valence-corrected chi connectivity index (χ2v) is 3.29. The molecule has 0 spiro atoms. The third-order valence-corrected chi connectivity index (χ3v) is 1.87. The molecule has 1 aromatic carbocycles. The molecule has 0 bridgehead atoms. The van der Waals surface area contributed by atoms with Crippen LogP contribution in [-0.2, 0) is 14.3 Å². The van der Waals surface area contributed by atoms with Crippen molar-refractivity contribution in [1.29, 1.82) is 0 Å². The number of aliphatic carboxylic acids is 1. The van der Waals surface area contributed by atoms with Crippen molar-refractivity contribution < 1.29 is 29.0 Å². The van der Waals surface area contributed by atoms with Crippen molar-refractivity contribution in [2.24, 2.45) is 0 Å². The van der Waals surface area contributed by atoms with Crippen molar-refractivity contribution in [2.45, 2.75) is 13.3 Å². The summed E-state index contributed by atoms with van der Waals surface area (Å²) in [5.41, 5.74) is 0.234. The van der Waals surface area contributed by atoms with Gasteiger partial charge < -0.3 is 14.6 Å². The topological polar surface area (TPSA) is 89.9 Å². The molecular formula is C12H12O6. The van der Waals surface area contributed by atoms with Crippen LogP contribution in [0.5, 0.6) is 5.75 Å². The predicted molar refractivity (Wildman–Crippen MR) is 60.3 cm³/mol. The van der Waals surface area contributed by atoms with Crippen molar-refractivity contribution in [1.82, 2.24) is 0 Å². The molecule has 1 N–H and O–H groups in total. The molecule has 0 atom stereocenters. The molecule has 0 aliphatic carbocycles. The zero-order valence-corrected chi connectivity index (χ0v) is 9.71. The summed E-state index contributed by atoms with van der Waals surface area (Å²) in [7, 11) is 0. The van der Waals surface area contributed by atoms with Crippen molar-refractivity contribution >= 4 is 17.9 Å². The minimum absolute atomic E-state index is 0.104. The van der Waals surface area contributed by atoms with E-state index in [0.717, 1.165) is 0 Å². The molecule has 0 amide bonds. The smallest absolute Gasteiger partial charge is 0.338 e. The number of ether oxygens (including phenoxy) is 2. The second-order valence-electron chi connectivity index (χ2n) is 3.29. The third-order valence-electron chi connectivity index (χ3n) is 1.87. The van der Waals surface area contributed by atoms with Crippen LogP contribution in [-0.4, -0.2) is 29.6 Å². The van der Waals surface area contributed by atoms with E-state index in [1.807, 2.05) is 0 Å². The van der Waals surface area contributed by atoms with Gasteiger partial charge in [-0.1, -0.05) is 6.07 Å². The average Bonchev–Trinajstić information content (AvgIpc) is 2.28. The van der Waals surface area contributed by atoms with Gasteiger partial charge in [-0.05, 0) is 25.1 Å². The van der Waals surface area contributed by atoms with Gasteiger partial charge in [0.15, 0.2) is 0 Å². The highest BCUT2D eigenvalue weighted by molar-refractivity contribution is 5.92. The van der Waals surface area contributed by atoms with Crippen LogP contribution >= 0.6 is 0 Å². The van der Waals surface area contributed by atoms with Crippen LogP contribution in [0.2, 0.25) is 0 Å². The summed E-state index contributed by atoms with van der Waals surface area (Å²) in [5.74, 6) is -2.61. The molecular weight excluding hydrogens is 240 g/mol. The molecule has 6 heteroatoms. The van der Waals surface area contributed by atoms with E-state index >= 15 is 0 Å². The van der Waals surface area contributed by atoms with Gasteiger partial charge in [-0.2, -0.15) is 0 Å². The van der Waals surface area contributed by atoms with Crippen molar-refractivity contribution in [2.75, 3.05) is 6.61 Å². The fraction of sp³-hybridized carbons (Fsp3) is 0.250. The molecule has 0 saturated carbocycles. The summed E-state index contributed by atoms with van der Waals surface area (Å²) < 4.78 is 9.55. The van der Waals surface area contributed by atoms with Crippen LogP contribution in [0.4, 0.5) is 0 Å². The Morgan fingerprint density at radius 3 is 2.61 bits per heavy atom. The van der Waals surface area contributed by atoms with Crippen molar-refractivity contribution in [3.63, 3.8) is 0 Å². The molecule has 6 nitrogen and oxygen atoms in total. The summed E-state index contributed by atoms with van der Waals surface area (Å²) in [6.07, 6.45) is -0.733. The maximum absolute atomic E-state index is 11.4. The molecule has 0 heterocycles. The number of rotatable bonds is 5. The van der Waals surface area contributed by atoms with Crippen LogP contribution in [0.1, 0.15) is 23.7 Å². The first-order chi connectivity index (χ1) is 8.52. The zero-order valence-electron chi connectivity index (χ0n) is 9.71. The minimum atomic E-state index is -1.28. The van der Waals surface area contributed by atoms with E-state index in [-0.39, 0.29) is 17.9 Å². The molecule has 0 radical (unpaired) electrons. The second kappa shape index (κ2) is 6.39. The monoisotopic (exact) mass is 252 g/mol. The number of carbonyl (C=O) groups excluding carboxylic acids is 2. The van der Waals surface area contributed by atoms with Gasteiger partial charge in [0, 0.05) is 0 Å². The number of esters is 2. The summed E-state index contributed by atoms with van der Waals surface area (Å²) in [6, 6.07) is 5.78. The number of carboxylic acid groups (broad SMARTS) is 1. The Labute approximate surface area is 103 Å². The Kier molecular flexibility index (Phi) is 4.86. The van der Waals surface area contributed by atoms with Gasteiger partial charge in [-0.15, -0.1) is 0 Å². The van der Waals surface area contributed by atoms with E-state index in [1.165, 1.54) is 24.3 Å². The van der Waals surface area contributed by atoms with E-state index < -0.39 is 24.3 Å². The van der Waals surface area contributed by atoms with Crippen molar-refractivity contribution in [3.8, 4) is 5.75 Å². The van der Waals surface area contributed by atoms with Gasteiger partial charge in [-0.3, -0.25) is 9.59 Å². The van der Waals surface area contributed by atoms with Crippen LogP contribution < -0.4 is 4.74 Å². The maximum Gasteiger partial charge on any atom is 0.338 e. The average molecular weight is 252 g/mol. The normalized spacial score (nSPS) is 9.61. The molecule has 0 fully saturated rings. The lowest BCUT2D eigenvalue weighted by molar-refractivity contribution is -0.145. The molecule has 1 aromatic rings. The largest absolute Gasteiger partial charge is 0.481 e. The van der Waals surface area contributed by atoms with Gasteiger partial charge >= 0.3 is 17.9 Å². The van der Waals surface area contributed by atoms with Gasteiger partial charge in [0.2, 0.25) is 0 Å². The molecule has 1 rings (SSSR count). The first kappa shape index (κ1) is 13.7. The number of hydrogen-bond donors (Lipinski definition) is 1. The van der Waals surface area contributed by atoms with Gasteiger partial charge in [0.05, 0.1) is 12.2 Å². The first-order valence-corrected chi connectivity index (χ1v) is 5.22. The van der Waals surface area contributed by atoms with E-state index in [2.05, 4.69) is 0 Å². The molecule has 0 aromatic heterocycles. The zero-order chi connectivity index (χ0) is 13.5. The predicted octanol–water partition coefficient (Wildman–Crippen LogP) is 1.24. The maximum atomic E-state index is 11.4. The fourth-order valence-electron chi connectivity index (χ4n) is 1.19. The summed E-state index contributed by atoms with van der Waals surface area (Å²) >= 11 is 0. The lowest BCUT2D eigenvalue weighted by Crippen LogP contribution is -2.13. The summed E-state index contributed by atoms with van der Waals surface area (Å²) in [6.45, 7) is 1.91. The standard InChI is InChI=1S/C12H12O6/c1-2-17-12(16)8-4-3-5-9(6-8)18-11(15)7-10(13)14/h3-6H,2,7H2,1H3,(H,13,14). The van der Waals surface area contributed by atoms with Gasteiger partial charge in [0.25, 0.3) is 0 Å². The molecule has 0 saturated heterocycles. The van der Waals surface area contributed by atoms with E-state index in [0.29, 0.717) is 0 Å². The van der Waals surface area contributed by atoms with Crippen molar-refractivity contribution in [3.05, 3.63) is 29.8 Å². The Hall–Kier alpha value is -2.37. The number of carbonyl (C=O) groups is 3. The Morgan fingerprint density at radius 1 is 1.28 bits per heavy atom. The molecule has 18 heavy (non-hydrogen) atoms. The van der Waals surface area contributed by atoms with Crippen LogP contribution in [0.15, 0.2) is 24.3 Å². The molecule has 0 aliphatic heterocycles. The van der Waals surface area contributed by atoms with Gasteiger partial charge in [-0.25, -0.2) is 4.79 Å². The quantitative estimate of drug-likeness (QED) is 0.481. The third kappa shape index (κ3) is 4.25. The van der Waals surface area contributed by atoms with E-state index in [9.17, 15) is 14.4 Å². The van der Waals surface area contributed by atoms with E-state index in [1.54, 1.807) is 6.92 Å². The summed E-state index contributed by atoms with van der Waals surface area (Å²) in [5, 5.41) is 8.40. The Bertz CT molecular complexity index is 465. The summed E-state index contributed by atoms with van der Waals surface area (Å²) in [4.78, 5) is 32.8. The SMILES string of the molecule is CCOC(=O)c1cccc(OC(=O)CC(=O)O)c1. The van der Waals surface area contributed by atoms with Crippen LogP contribution in [0, 0.1) is 0 Å². The Morgan fingerprint density at radius 2 is 2.00 bits per heavy atom. The van der Waals surface area contributed by atoms with Crippen LogP contribution in [0.3, 0.4) is 0 Å². The number of hydrogen-bond acceptors (Lipinski definition) is 5. The van der Waals surface area contributed by atoms with Crippen LogP contribution in [0.25, 0.3) is 0 Å². The highest BCUT2D eigenvalue weighted by Crippen LogP contribution is 2.14. The molecule has 96 valence electrons. The minimum Gasteiger partial charge on any atom is -0.481 e. The highest BCUT2D eigenvalue weighted by atomic mass is 16.5. The molecule has 0 aliphatic rings. The van der Waals surface area contributed by atoms with E-state index in [4.69, 9.17) is 14.6 Å². The van der Waals surface area contributed by atoms with Gasteiger partial charge in [0.1, 0.15) is 12.2 Å². The molecule has 0 unspecified atom stereocenters. The number of carboxylic acids is 1. The Balaban J connectivity index is 2.73. The highest BCUT2D eigenvalue weighted by Gasteiger charge is 2.12. The fourth-order valence-corrected chi connectivity index (χ4v) is 1.19. The lowest BCUT2D eigenvalue weighted by atomic mass is 10.2. The number of benzene rings is 1.